The number of likely N-dealkylation sites (tertiary alicyclic amines) is 1. The van der Waals surface area contributed by atoms with Gasteiger partial charge in [-0.25, -0.2) is 0 Å². The van der Waals surface area contributed by atoms with Gasteiger partial charge >= 0.3 is 5.97 Å². The molecule has 0 aromatic heterocycles. The molecule has 0 aliphatic carbocycles. The molecule has 1 N–H and O–H groups in total. The molecule has 0 saturated carbocycles. The zero-order valence-electron chi connectivity index (χ0n) is 25.8. The van der Waals surface area contributed by atoms with Gasteiger partial charge in [-0.05, 0) is 76.4 Å². The molecule has 0 radical (unpaired) electrons. The number of esters is 1. The van der Waals surface area contributed by atoms with Crippen molar-refractivity contribution in [2.24, 2.45) is 10.9 Å². The van der Waals surface area contributed by atoms with Crippen molar-refractivity contribution >= 4 is 17.6 Å². The van der Waals surface area contributed by atoms with Gasteiger partial charge in [0.05, 0.1) is 7.11 Å². The Morgan fingerprint density at radius 3 is 2.02 bits per heavy atom. The Kier molecular flexibility index (Phi) is 9.56. The molecule has 0 spiro atoms. The van der Waals surface area contributed by atoms with Crippen LogP contribution in [0.1, 0.15) is 61.3 Å². The fourth-order valence-electron chi connectivity index (χ4n) is 6.92. The summed E-state index contributed by atoms with van der Waals surface area (Å²) < 4.78 is 5.16. The molecule has 2 aliphatic rings. The largest absolute Gasteiger partial charge is 0.468 e. The molecule has 224 valence electrons. The van der Waals surface area contributed by atoms with E-state index in [-0.39, 0.29) is 17.3 Å². The molecule has 43 heavy (non-hydrogen) atoms. The van der Waals surface area contributed by atoms with Crippen LogP contribution in [-0.4, -0.2) is 55.8 Å². The van der Waals surface area contributed by atoms with Gasteiger partial charge in [0.25, 0.3) is 0 Å². The van der Waals surface area contributed by atoms with Crippen LogP contribution < -0.4 is 5.32 Å². The van der Waals surface area contributed by atoms with E-state index in [2.05, 4.69) is 75.9 Å². The Labute approximate surface area is 255 Å². The first-order valence-corrected chi connectivity index (χ1v) is 15.4. The number of hydrogen-bond donors (Lipinski definition) is 1. The number of hydrogen-bond acceptors (Lipinski definition) is 5. The standard InChI is InChI=1S/C37H43N3O3/c1-26-16-18-29(19-17-26)34-32(27(2)39-28(3)33(34)36(42)43-4)35(41)38-22-11-23-40-24-20-37(21-25-40,30-12-7-5-8-13-30)31-14-9-6-10-15-31/h5-10,12-19,33-34H,11,20-25H2,1-4H3,(H,38,41). The molecule has 2 heterocycles. The van der Waals surface area contributed by atoms with Crippen molar-refractivity contribution in [2.45, 2.75) is 51.4 Å². The maximum absolute atomic E-state index is 13.7. The van der Waals surface area contributed by atoms with Crippen LogP contribution in [-0.2, 0) is 19.7 Å². The van der Waals surface area contributed by atoms with Crippen LogP contribution in [0.3, 0.4) is 0 Å². The second-order valence-electron chi connectivity index (χ2n) is 11.9. The molecular formula is C37H43N3O3. The molecule has 2 unspecified atom stereocenters. The van der Waals surface area contributed by atoms with Crippen LogP contribution >= 0.6 is 0 Å². The first-order valence-electron chi connectivity index (χ1n) is 15.4. The second-order valence-corrected chi connectivity index (χ2v) is 11.9. The smallest absolute Gasteiger partial charge is 0.315 e. The monoisotopic (exact) mass is 577 g/mol. The second kappa shape index (κ2) is 13.5. The highest BCUT2D eigenvalue weighted by Gasteiger charge is 2.41. The number of aliphatic imine (C=N–C) groups is 1. The molecule has 0 bridgehead atoms. The lowest BCUT2D eigenvalue weighted by Crippen LogP contribution is -2.44. The van der Waals surface area contributed by atoms with Crippen molar-refractivity contribution in [3.63, 3.8) is 0 Å². The van der Waals surface area contributed by atoms with Gasteiger partial charge in [-0.2, -0.15) is 0 Å². The fourth-order valence-corrected chi connectivity index (χ4v) is 6.92. The van der Waals surface area contributed by atoms with Crippen molar-refractivity contribution in [1.82, 2.24) is 10.2 Å². The third kappa shape index (κ3) is 6.50. The third-order valence-electron chi connectivity index (χ3n) is 9.26. The molecule has 1 amide bonds. The van der Waals surface area contributed by atoms with Crippen molar-refractivity contribution < 1.29 is 14.3 Å². The van der Waals surface area contributed by atoms with Gasteiger partial charge < -0.3 is 15.0 Å². The summed E-state index contributed by atoms with van der Waals surface area (Å²) in [5, 5.41) is 3.15. The van der Waals surface area contributed by atoms with Crippen molar-refractivity contribution in [3.05, 3.63) is 118 Å². The molecule has 6 heteroatoms. The summed E-state index contributed by atoms with van der Waals surface area (Å²) in [4.78, 5) is 33.7. The van der Waals surface area contributed by atoms with E-state index >= 15 is 0 Å². The third-order valence-corrected chi connectivity index (χ3v) is 9.26. The lowest BCUT2D eigenvalue weighted by atomic mass is 9.68. The number of nitrogens with zero attached hydrogens (tertiary/aromatic N) is 2. The predicted octanol–water partition coefficient (Wildman–Crippen LogP) is 6.20. The van der Waals surface area contributed by atoms with Crippen LogP contribution in [0.4, 0.5) is 0 Å². The number of amides is 1. The molecule has 5 rings (SSSR count). The maximum atomic E-state index is 13.7. The van der Waals surface area contributed by atoms with E-state index in [9.17, 15) is 9.59 Å². The molecule has 3 aromatic rings. The van der Waals surface area contributed by atoms with E-state index in [1.165, 1.54) is 18.2 Å². The minimum absolute atomic E-state index is 0.0258. The number of rotatable bonds is 9. The van der Waals surface area contributed by atoms with E-state index in [1.807, 2.05) is 45.0 Å². The minimum atomic E-state index is -0.639. The fraction of sp³-hybridized carbons (Fsp3) is 0.378. The average molecular weight is 578 g/mol. The number of carbonyl (C=O) groups is 2. The molecule has 1 saturated heterocycles. The van der Waals surface area contributed by atoms with E-state index < -0.39 is 11.8 Å². The van der Waals surface area contributed by atoms with Crippen LogP contribution in [0.15, 0.2) is 101 Å². The van der Waals surface area contributed by atoms with Gasteiger partial charge in [0.2, 0.25) is 5.91 Å². The Morgan fingerprint density at radius 2 is 1.47 bits per heavy atom. The molecule has 2 atom stereocenters. The van der Waals surface area contributed by atoms with Gasteiger partial charge in [0.1, 0.15) is 5.92 Å². The quantitative estimate of drug-likeness (QED) is 0.243. The molecule has 1 fully saturated rings. The molecular weight excluding hydrogens is 534 g/mol. The summed E-state index contributed by atoms with van der Waals surface area (Å²) in [5.41, 5.74) is 6.68. The number of piperidine rings is 1. The van der Waals surface area contributed by atoms with Gasteiger partial charge in [0.15, 0.2) is 0 Å². The SMILES string of the molecule is COC(=O)C1C(C)=NC(C)=C(C(=O)NCCCN2CCC(c3ccccc3)(c3ccccc3)CC2)C1c1ccc(C)cc1. The maximum Gasteiger partial charge on any atom is 0.315 e. The van der Waals surface area contributed by atoms with Crippen molar-refractivity contribution in [3.8, 4) is 0 Å². The number of ether oxygens (including phenoxy) is 1. The van der Waals surface area contributed by atoms with Crippen molar-refractivity contribution in [2.75, 3.05) is 33.3 Å². The summed E-state index contributed by atoms with van der Waals surface area (Å²) in [6.07, 6.45) is 2.97. The Balaban J connectivity index is 1.23. The van der Waals surface area contributed by atoms with E-state index in [1.54, 1.807) is 0 Å². The number of benzene rings is 3. The van der Waals surface area contributed by atoms with Crippen LogP contribution in [0.25, 0.3) is 0 Å². The Hall–Kier alpha value is -4.03. The van der Waals surface area contributed by atoms with Crippen LogP contribution in [0.5, 0.6) is 0 Å². The van der Waals surface area contributed by atoms with Crippen LogP contribution in [0.2, 0.25) is 0 Å². The minimum Gasteiger partial charge on any atom is -0.468 e. The lowest BCUT2D eigenvalue weighted by Gasteiger charge is -2.43. The topological polar surface area (TPSA) is 71.0 Å². The van der Waals surface area contributed by atoms with E-state index in [0.29, 0.717) is 23.5 Å². The summed E-state index contributed by atoms with van der Waals surface area (Å²) in [6.45, 7) is 9.20. The molecule has 2 aliphatic heterocycles. The summed E-state index contributed by atoms with van der Waals surface area (Å²) in [7, 11) is 1.39. The number of methoxy groups -OCH3 is 1. The zero-order valence-corrected chi connectivity index (χ0v) is 25.8. The summed E-state index contributed by atoms with van der Waals surface area (Å²) >= 11 is 0. The van der Waals surface area contributed by atoms with E-state index in [4.69, 9.17) is 4.74 Å². The number of carbonyl (C=O) groups excluding carboxylic acids is 2. The van der Waals surface area contributed by atoms with Gasteiger partial charge in [-0.3, -0.25) is 14.6 Å². The van der Waals surface area contributed by atoms with Gasteiger partial charge in [-0.1, -0.05) is 90.5 Å². The number of nitrogens with one attached hydrogen (secondary N) is 1. The zero-order chi connectivity index (χ0) is 30.4. The van der Waals surface area contributed by atoms with Crippen LogP contribution in [0, 0.1) is 12.8 Å². The van der Waals surface area contributed by atoms with Gasteiger partial charge in [-0.15, -0.1) is 0 Å². The van der Waals surface area contributed by atoms with E-state index in [0.717, 1.165) is 50.0 Å². The summed E-state index contributed by atoms with van der Waals surface area (Å²) in [6, 6.07) is 29.8. The highest BCUT2D eigenvalue weighted by molar-refractivity contribution is 6.07. The predicted molar refractivity (Wildman–Crippen MR) is 172 cm³/mol. The summed E-state index contributed by atoms with van der Waals surface area (Å²) in [5.74, 6) is -1.63. The highest BCUT2D eigenvalue weighted by atomic mass is 16.5. The molecule has 6 nitrogen and oxygen atoms in total. The Morgan fingerprint density at radius 1 is 0.884 bits per heavy atom. The lowest BCUT2D eigenvalue weighted by molar-refractivity contribution is -0.143. The number of allylic oxidation sites excluding steroid dienone is 1. The first-order chi connectivity index (χ1) is 20.8. The average Bonchev–Trinajstić information content (AvgIpc) is 3.04. The van der Waals surface area contributed by atoms with Crippen molar-refractivity contribution in [1.29, 1.82) is 0 Å². The normalized spacial score (nSPS) is 20.3. The van der Waals surface area contributed by atoms with Gasteiger partial charge in [0, 0.05) is 34.9 Å². The highest BCUT2D eigenvalue weighted by Crippen LogP contribution is 2.42. The molecule has 3 aromatic carbocycles. The Bertz CT molecular complexity index is 1430. The number of aryl methyl sites for hydroxylation is 1. The first kappa shape index (κ1) is 30.4.